The van der Waals surface area contributed by atoms with Gasteiger partial charge in [0, 0.05) is 19.1 Å². The van der Waals surface area contributed by atoms with Gasteiger partial charge in [-0.3, -0.25) is 0 Å². The summed E-state index contributed by atoms with van der Waals surface area (Å²) in [4.78, 5) is 14.8. The van der Waals surface area contributed by atoms with Crippen molar-refractivity contribution in [3.63, 3.8) is 0 Å². The van der Waals surface area contributed by atoms with Gasteiger partial charge in [0.1, 0.15) is 0 Å². The van der Waals surface area contributed by atoms with Crippen molar-refractivity contribution in [1.29, 1.82) is 5.26 Å². The van der Waals surface area contributed by atoms with Gasteiger partial charge in [-0.2, -0.15) is 10.2 Å². The fourth-order valence-corrected chi connectivity index (χ4v) is 5.34. The zero-order valence-electron chi connectivity index (χ0n) is 17.9. The minimum Gasteiger partial charge on any atom is -0.370 e. The number of nitrogens with one attached hydrogen (secondary N) is 2. The first kappa shape index (κ1) is 20.1. The van der Waals surface area contributed by atoms with Gasteiger partial charge in [-0.1, -0.05) is 29.7 Å². The van der Waals surface area contributed by atoms with Crippen molar-refractivity contribution in [2.45, 2.75) is 38.1 Å². The lowest BCUT2D eigenvalue weighted by atomic mass is 10.0. The number of hydrogen-bond acceptors (Lipinski definition) is 7. The van der Waals surface area contributed by atoms with E-state index in [-0.39, 0.29) is 5.95 Å². The van der Waals surface area contributed by atoms with Crippen molar-refractivity contribution in [1.82, 2.24) is 19.6 Å². The zero-order valence-corrected chi connectivity index (χ0v) is 18.7. The number of fused-ring (bicyclic) bond motifs is 2. The van der Waals surface area contributed by atoms with Crippen LogP contribution in [0.1, 0.15) is 37.7 Å². The molecule has 1 aliphatic heterocycles. The molecular formula is C23H22ClN9. The van der Waals surface area contributed by atoms with E-state index in [1.807, 2.05) is 6.07 Å². The lowest BCUT2D eigenvalue weighted by molar-refractivity contribution is 0.494. The fourth-order valence-electron chi connectivity index (χ4n) is 5.06. The molecule has 10 heteroatoms. The van der Waals surface area contributed by atoms with Crippen LogP contribution in [0, 0.1) is 29.7 Å². The summed E-state index contributed by atoms with van der Waals surface area (Å²) < 4.78 is 1.48. The molecular weight excluding hydrogens is 438 g/mol. The highest BCUT2D eigenvalue weighted by atomic mass is 35.5. The molecule has 0 amide bonds. The molecule has 0 bridgehead atoms. The Labute approximate surface area is 196 Å². The van der Waals surface area contributed by atoms with E-state index in [0.717, 1.165) is 31.6 Å². The number of hydrogen-bond donors (Lipinski definition) is 2. The van der Waals surface area contributed by atoms with Crippen molar-refractivity contribution in [2.75, 3.05) is 28.6 Å². The second-order valence-electron chi connectivity index (χ2n) is 9.12. The standard InChI is InChI=1S/C23H22ClN9/c1-26-19-10-27-22-21(28-16-5-6-16)30-23(31-33(19)22)29-17-7-13(9-25)8-18(20(17)24)32-11-14-3-2-4-15(14)12-32/h7-8,10,14-16H,2-6,11-12H2,(H2,28,29,30,31). The predicted octanol–water partition coefficient (Wildman–Crippen LogP) is 4.75. The second kappa shape index (κ2) is 7.79. The van der Waals surface area contributed by atoms with Gasteiger partial charge in [0.15, 0.2) is 5.82 Å². The Morgan fingerprint density at radius 3 is 2.67 bits per heavy atom. The van der Waals surface area contributed by atoms with E-state index in [0.29, 0.717) is 51.4 Å². The largest absolute Gasteiger partial charge is 0.370 e. The Bertz CT molecular complexity index is 1320. The molecule has 1 saturated heterocycles. The molecule has 2 unspecified atom stereocenters. The van der Waals surface area contributed by atoms with Crippen LogP contribution >= 0.6 is 11.6 Å². The number of halogens is 1. The Morgan fingerprint density at radius 2 is 1.97 bits per heavy atom. The SMILES string of the molecule is [C-]#[N+]c1cnc2c(NC3CC3)nc(Nc3cc(C#N)cc(N4CC5CCCC5C4)c3Cl)nn12. The molecule has 0 spiro atoms. The first-order valence-corrected chi connectivity index (χ1v) is 11.7. The van der Waals surface area contributed by atoms with E-state index in [2.05, 4.69) is 41.5 Å². The van der Waals surface area contributed by atoms with Gasteiger partial charge in [0.2, 0.25) is 0 Å². The van der Waals surface area contributed by atoms with Crippen LogP contribution in [0.3, 0.4) is 0 Å². The maximum Gasteiger partial charge on any atom is 0.275 e. The van der Waals surface area contributed by atoms with Crippen molar-refractivity contribution in [3.8, 4) is 6.07 Å². The van der Waals surface area contributed by atoms with Gasteiger partial charge in [0.05, 0.1) is 34.2 Å². The molecule has 33 heavy (non-hydrogen) atoms. The van der Waals surface area contributed by atoms with E-state index in [1.165, 1.54) is 30.0 Å². The number of aromatic nitrogens is 4. The van der Waals surface area contributed by atoms with E-state index in [1.54, 1.807) is 6.07 Å². The maximum atomic E-state index is 9.65. The molecule has 1 aromatic carbocycles. The molecule has 3 fully saturated rings. The van der Waals surface area contributed by atoms with Crippen LogP contribution in [0.2, 0.25) is 5.02 Å². The summed E-state index contributed by atoms with van der Waals surface area (Å²) in [5.74, 6) is 2.58. The van der Waals surface area contributed by atoms with Gasteiger partial charge in [-0.25, -0.2) is 4.98 Å². The van der Waals surface area contributed by atoms with Crippen LogP contribution in [0.4, 0.5) is 29.0 Å². The van der Waals surface area contributed by atoms with E-state index in [4.69, 9.17) is 18.2 Å². The van der Waals surface area contributed by atoms with Gasteiger partial charge in [-0.05, 0) is 49.7 Å². The van der Waals surface area contributed by atoms with Crippen molar-refractivity contribution in [2.24, 2.45) is 11.8 Å². The lowest BCUT2D eigenvalue weighted by Crippen LogP contribution is -2.21. The minimum absolute atomic E-state index is 0.287. The third-order valence-corrected chi connectivity index (χ3v) is 7.27. The number of nitrogens with zero attached hydrogens (tertiary/aromatic N) is 7. The quantitative estimate of drug-likeness (QED) is 0.531. The van der Waals surface area contributed by atoms with Crippen LogP contribution in [0.25, 0.3) is 10.5 Å². The summed E-state index contributed by atoms with van der Waals surface area (Å²) in [5.41, 5.74) is 2.48. The first-order valence-electron chi connectivity index (χ1n) is 11.3. The number of imidazole rings is 1. The monoisotopic (exact) mass is 459 g/mol. The van der Waals surface area contributed by atoms with Crippen LogP contribution < -0.4 is 15.5 Å². The highest BCUT2D eigenvalue weighted by Gasteiger charge is 2.37. The van der Waals surface area contributed by atoms with Crippen LogP contribution in [0.15, 0.2) is 18.3 Å². The van der Waals surface area contributed by atoms with Crippen LogP contribution in [-0.4, -0.2) is 38.7 Å². The van der Waals surface area contributed by atoms with Gasteiger partial charge in [-0.15, -0.1) is 4.52 Å². The summed E-state index contributed by atoms with van der Waals surface area (Å²) in [6.45, 7) is 9.37. The summed E-state index contributed by atoms with van der Waals surface area (Å²) in [5, 5.41) is 21.3. The van der Waals surface area contributed by atoms with Gasteiger partial charge in [0.25, 0.3) is 17.4 Å². The van der Waals surface area contributed by atoms with Crippen molar-refractivity contribution >= 4 is 46.2 Å². The molecule has 6 rings (SSSR count). The van der Waals surface area contributed by atoms with E-state index in [9.17, 15) is 5.26 Å². The summed E-state index contributed by atoms with van der Waals surface area (Å²) >= 11 is 6.86. The smallest absolute Gasteiger partial charge is 0.275 e. The number of anilines is 4. The molecule has 0 radical (unpaired) electrons. The summed E-state index contributed by atoms with van der Waals surface area (Å²) in [6.07, 6.45) is 7.48. The third-order valence-electron chi connectivity index (χ3n) is 6.87. The Hall–Kier alpha value is -3.56. The van der Waals surface area contributed by atoms with Gasteiger partial charge >= 0.3 is 0 Å². The van der Waals surface area contributed by atoms with E-state index < -0.39 is 0 Å². The topological polar surface area (TPSA) is 98.5 Å². The predicted molar refractivity (Wildman–Crippen MR) is 126 cm³/mol. The van der Waals surface area contributed by atoms with Gasteiger partial charge < -0.3 is 20.4 Å². The Kier molecular flexibility index (Phi) is 4.74. The normalized spacial score (nSPS) is 21.6. The molecule has 2 aliphatic carbocycles. The molecule has 2 N–H and O–H groups in total. The number of rotatable bonds is 5. The molecule has 9 nitrogen and oxygen atoms in total. The third kappa shape index (κ3) is 3.59. The second-order valence-corrected chi connectivity index (χ2v) is 9.49. The number of nitriles is 1. The zero-order chi connectivity index (χ0) is 22.5. The van der Waals surface area contributed by atoms with Crippen molar-refractivity contribution < 1.29 is 0 Å². The Morgan fingerprint density at radius 1 is 1.18 bits per heavy atom. The maximum absolute atomic E-state index is 9.65. The van der Waals surface area contributed by atoms with Crippen molar-refractivity contribution in [3.05, 3.63) is 40.3 Å². The lowest BCUT2D eigenvalue weighted by Gasteiger charge is -2.23. The highest BCUT2D eigenvalue weighted by molar-refractivity contribution is 6.36. The Balaban J connectivity index is 1.38. The van der Waals surface area contributed by atoms with E-state index >= 15 is 0 Å². The van der Waals surface area contributed by atoms with Crippen LogP contribution in [-0.2, 0) is 0 Å². The first-order chi connectivity index (χ1) is 16.1. The highest BCUT2D eigenvalue weighted by Crippen LogP contribution is 2.43. The molecule has 3 aliphatic rings. The summed E-state index contributed by atoms with van der Waals surface area (Å²) in [6, 6.07) is 6.19. The van der Waals surface area contributed by atoms with Crippen LogP contribution in [0.5, 0.6) is 0 Å². The molecule has 2 atom stereocenters. The molecule has 2 aromatic heterocycles. The fraction of sp³-hybridized carbons (Fsp3) is 0.435. The molecule has 166 valence electrons. The summed E-state index contributed by atoms with van der Waals surface area (Å²) in [7, 11) is 0. The molecule has 3 heterocycles. The number of benzene rings is 1. The average Bonchev–Trinajstić information content (AvgIpc) is 3.19. The average molecular weight is 460 g/mol. The molecule has 2 saturated carbocycles. The minimum atomic E-state index is 0.287. The molecule has 3 aromatic rings.